The smallest absolute Gasteiger partial charge is 0.175 e. The van der Waals surface area contributed by atoms with E-state index in [2.05, 4.69) is 29.1 Å². The Balaban J connectivity index is 1.23. The Morgan fingerprint density at radius 2 is 1.69 bits per heavy atom. The third-order valence-corrected chi connectivity index (χ3v) is 7.64. The Bertz CT molecular complexity index is 1610. The lowest BCUT2D eigenvalue weighted by Gasteiger charge is -2.19. The molecule has 1 aliphatic rings. The molecule has 0 saturated heterocycles. The van der Waals surface area contributed by atoms with Crippen LogP contribution in [0.2, 0.25) is 0 Å². The topological polar surface area (TPSA) is 65.6 Å². The van der Waals surface area contributed by atoms with E-state index in [1.165, 1.54) is 6.26 Å². The number of hydrogen-bond acceptors (Lipinski definition) is 4. The summed E-state index contributed by atoms with van der Waals surface area (Å²) < 4.78 is 34.4. The number of rotatable bonds is 7. The van der Waals surface area contributed by atoms with E-state index in [1.807, 2.05) is 59.4 Å². The molecule has 0 radical (unpaired) electrons. The maximum absolute atomic E-state index is 12.0. The van der Waals surface area contributed by atoms with Gasteiger partial charge in [-0.15, -0.1) is 0 Å². The molecule has 176 valence electrons. The minimum absolute atomic E-state index is 0.100. The summed E-state index contributed by atoms with van der Waals surface area (Å²) in [6, 6.07) is 21.2. The average molecular weight is 484 g/mol. The van der Waals surface area contributed by atoms with Crippen molar-refractivity contribution in [2.75, 3.05) is 6.26 Å². The highest BCUT2D eigenvalue weighted by molar-refractivity contribution is 7.90. The molecule has 1 fully saturated rings. The van der Waals surface area contributed by atoms with Gasteiger partial charge in [-0.3, -0.25) is 0 Å². The third kappa shape index (κ3) is 4.35. The molecule has 2 aromatic carbocycles. The zero-order valence-electron chi connectivity index (χ0n) is 19.3. The maximum atomic E-state index is 12.0. The SMILES string of the molecule is CS(=O)(=O)c1cccc(-c2ccn3cc(-c4ccc(OC5(Cn6cccc6)CC5)cc4)cnc23)c1. The highest BCUT2D eigenvalue weighted by Crippen LogP contribution is 2.42. The molecule has 0 spiro atoms. The van der Waals surface area contributed by atoms with E-state index in [9.17, 15) is 8.42 Å². The van der Waals surface area contributed by atoms with Gasteiger partial charge in [-0.1, -0.05) is 24.3 Å². The van der Waals surface area contributed by atoms with Crippen molar-refractivity contribution in [2.24, 2.45) is 0 Å². The van der Waals surface area contributed by atoms with Gasteiger partial charge >= 0.3 is 0 Å². The lowest BCUT2D eigenvalue weighted by atomic mass is 10.1. The van der Waals surface area contributed by atoms with Crippen LogP contribution in [0.15, 0.2) is 103 Å². The normalized spacial score (nSPS) is 14.8. The lowest BCUT2D eigenvalue weighted by Crippen LogP contribution is -2.24. The average Bonchev–Trinajstić information content (AvgIpc) is 3.21. The number of sulfone groups is 1. The first kappa shape index (κ1) is 21.7. The van der Waals surface area contributed by atoms with Crippen LogP contribution in [0.5, 0.6) is 5.75 Å². The molecule has 7 heteroatoms. The maximum Gasteiger partial charge on any atom is 0.175 e. The first-order valence-corrected chi connectivity index (χ1v) is 13.5. The fourth-order valence-electron chi connectivity index (χ4n) is 4.47. The van der Waals surface area contributed by atoms with Crippen molar-refractivity contribution in [2.45, 2.75) is 29.9 Å². The van der Waals surface area contributed by atoms with Gasteiger partial charge in [0, 0.05) is 48.4 Å². The fourth-order valence-corrected chi connectivity index (χ4v) is 5.13. The monoisotopic (exact) mass is 483 g/mol. The van der Waals surface area contributed by atoms with E-state index in [-0.39, 0.29) is 5.60 Å². The molecule has 0 amide bonds. The molecule has 6 nitrogen and oxygen atoms in total. The molecule has 6 rings (SSSR count). The quantitative estimate of drug-likeness (QED) is 0.307. The van der Waals surface area contributed by atoms with Crippen LogP contribution in [0.3, 0.4) is 0 Å². The number of ether oxygens (including phenoxy) is 1. The highest BCUT2D eigenvalue weighted by atomic mass is 32.2. The molecule has 5 aromatic rings. The number of benzene rings is 2. The summed E-state index contributed by atoms with van der Waals surface area (Å²) in [5, 5.41) is 0. The van der Waals surface area contributed by atoms with Crippen LogP contribution in [-0.2, 0) is 16.4 Å². The van der Waals surface area contributed by atoms with Crippen molar-refractivity contribution in [3.63, 3.8) is 0 Å². The van der Waals surface area contributed by atoms with Crippen LogP contribution in [0.4, 0.5) is 0 Å². The van der Waals surface area contributed by atoms with E-state index in [1.54, 1.807) is 18.2 Å². The Hall–Kier alpha value is -3.84. The second-order valence-corrected chi connectivity index (χ2v) is 11.3. The van der Waals surface area contributed by atoms with Crippen LogP contribution in [0, 0.1) is 0 Å². The third-order valence-electron chi connectivity index (χ3n) is 6.53. The van der Waals surface area contributed by atoms with Crippen molar-refractivity contribution in [3.8, 4) is 28.0 Å². The van der Waals surface area contributed by atoms with Crippen LogP contribution in [-0.4, -0.2) is 34.2 Å². The summed E-state index contributed by atoms with van der Waals surface area (Å²) in [7, 11) is -3.28. The molecule has 3 heterocycles. The van der Waals surface area contributed by atoms with Crippen LogP contribution in [0.25, 0.3) is 27.9 Å². The van der Waals surface area contributed by atoms with E-state index in [0.717, 1.165) is 53.0 Å². The van der Waals surface area contributed by atoms with Gasteiger partial charge in [0.25, 0.3) is 0 Å². The number of aromatic nitrogens is 3. The molecule has 0 N–H and O–H groups in total. The first-order valence-electron chi connectivity index (χ1n) is 11.6. The molecular formula is C28H25N3O3S. The molecule has 0 aliphatic heterocycles. The van der Waals surface area contributed by atoms with Gasteiger partial charge in [0.15, 0.2) is 9.84 Å². The predicted octanol–water partition coefficient (Wildman–Crippen LogP) is 5.48. The Labute approximate surface area is 204 Å². The van der Waals surface area contributed by atoms with Crippen molar-refractivity contribution >= 4 is 15.5 Å². The fraction of sp³-hybridized carbons (Fsp3) is 0.179. The van der Waals surface area contributed by atoms with E-state index in [4.69, 9.17) is 9.72 Å². The van der Waals surface area contributed by atoms with Crippen LogP contribution < -0.4 is 4.74 Å². The van der Waals surface area contributed by atoms with E-state index in [0.29, 0.717) is 4.90 Å². The standard InChI is InChI=1S/C28H25N3O3S/c1-35(32,33)25-6-4-5-22(17-25)26-11-16-31-19-23(18-29-27(26)31)21-7-9-24(10-8-21)34-28(12-13-28)20-30-14-2-3-15-30/h2-11,14-19H,12-13,20H2,1H3. The van der Waals surface area contributed by atoms with Gasteiger partial charge in [-0.25, -0.2) is 13.4 Å². The van der Waals surface area contributed by atoms with Crippen LogP contribution in [0.1, 0.15) is 12.8 Å². The molecule has 1 saturated carbocycles. The van der Waals surface area contributed by atoms with Crippen molar-refractivity contribution in [1.82, 2.24) is 14.0 Å². The summed E-state index contributed by atoms with van der Waals surface area (Å²) in [4.78, 5) is 5.00. The largest absolute Gasteiger partial charge is 0.485 e. The minimum Gasteiger partial charge on any atom is -0.485 e. The van der Waals surface area contributed by atoms with Gasteiger partial charge in [0.1, 0.15) is 17.0 Å². The zero-order valence-corrected chi connectivity index (χ0v) is 20.2. The van der Waals surface area contributed by atoms with Gasteiger partial charge in [0.05, 0.1) is 11.4 Å². The van der Waals surface area contributed by atoms with Crippen LogP contribution >= 0.6 is 0 Å². The van der Waals surface area contributed by atoms with Crippen molar-refractivity contribution in [1.29, 1.82) is 0 Å². The van der Waals surface area contributed by atoms with E-state index < -0.39 is 9.84 Å². The second-order valence-electron chi connectivity index (χ2n) is 9.27. The molecule has 0 atom stereocenters. The van der Waals surface area contributed by atoms with Gasteiger partial charge in [-0.2, -0.15) is 0 Å². The molecule has 1 aliphatic carbocycles. The minimum atomic E-state index is -3.28. The van der Waals surface area contributed by atoms with E-state index >= 15 is 0 Å². The second kappa shape index (κ2) is 8.13. The number of fused-ring (bicyclic) bond motifs is 1. The summed E-state index contributed by atoms with van der Waals surface area (Å²) in [6.45, 7) is 0.866. The predicted molar refractivity (Wildman–Crippen MR) is 136 cm³/mol. The highest BCUT2D eigenvalue weighted by Gasteiger charge is 2.45. The zero-order chi connectivity index (χ0) is 24.0. The van der Waals surface area contributed by atoms with Gasteiger partial charge in [0.2, 0.25) is 0 Å². The molecular weight excluding hydrogens is 458 g/mol. The summed E-state index contributed by atoms with van der Waals surface area (Å²) in [5.41, 5.74) is 4.44. The molecule has 3 aromatic heterocycles. The van der Waals surface area contributed by atoms with Gasteiger partial charge in [-0.05, 0) is 66.4 Å². The number of nitrogens with zero attached hydrogens (tertiary/aromatic N) is 3. The van der Waals surface area contributed by atoms with Crippen molar-refractivity contribution in [3.05, 3.63) is 97.7 Å². The lowest BCUT2D eigenvalue weighted by molar-refractivity contribution is 0.157. The Morgan fingerprint density at radius 3 is 2.40 bits per heavy atom. The Kier molecular flexibility index (Phi) is 5.04. The van der Waals surface area contributed by atoms with Crippen molar-refractivity contribution < 1.29 is 13.2 Å². The summed E-state index contributed by atoms with van der Waals surface area (Å²) >= 11 is 0. The van der Waals surface area contributed by atoms with Gasteiger partial charge < -0.3 is 13.7 Å². The molecule has 35 heavy (non-hydrogen) atoms. The number of hydrogen-bond donors (Lipinski definition) is 0. The Morgan fingerprint density at radius 1 is 0.914 bits per heavy atom. The first-order chi connectivity index (χ1) is 16.9. The molecule has 0 bridgehead atoms. The molecule has 0 unspecified atom stereocenters. The summed E-state index contributed by atoms with van der Waals surface area (Å²) in [6.07, 6.45) is 13.3. The summed E-state index contributed by atoms with van der Waals surface area (Å²) in [5.74, 6) is 0.876.